The first-order valence-corrected chi connectivity index (χ1v) is 9.68. The van der Waals surface area contributed by atoms with E-state index in [0.29, 0.717) is 0 Å². The molecule has 1 heteroatoms. The molecule has 0 saturated carbocycles. The summed E-state index contributed by atoms with van der Waals surface area (Å²) in [6.07, 6.45) is 0.946. The smallest absolute Gasteiger partial charge is 0.0390 e. The van der Waals surface area contributed by atoms with Crippen LogP contribution in [-0.4, -0.2) is 0 Å². The van der Waals surface area contributed by atoms with E-state index in [4.69, 9.17) is 0 Å². The summed E-state index contributed by atoms with van der Waals surface area (Å²) in [5.41, 5.74) is 5.49. The van der Waals surface area contributed by atoms with Gasteiger partial charge < -0.3 is 5.32 Å². The van der Waals surface area contributed by atoms with Crippen LogP contribution in [0.3, 0.4) is 0 Å². The molecule has 0 radical (unpaired) electrons. The molecule has 0 aromatic heterocycles. The monoisotopic (exact) mass is 363 g/mol. The predicted molar refractivity (Wildman–Crippen MR) is 125 cm³/mol. The third-order valence-corrected chi connectivity index (χ3v) is 5.54. The Morgan fingerprint density at radius 2 is 1.50 bits per heavy atom. The van der Waals surface area contributed by atoms with Crippen LogP contribution in [-0.2, 0) is 6.42 Å². The van der Waals surface area contributed by atoms with Crippen LogP contribution in [0.1, 0.15) is 23.6 Å². The zero-order valence-corrected chi connectivity index (χ0v) is 16.6. The second-order valence-corrected chi connectivity index (χ2v) is 7.34. The summed E-state index contributed by atoms with van der Waals surface area (Å²) in [6, 6.07) is 21.1. The minimum absolute atomic E-state index is 0.858. The third kappa shape index (κ3) is 2.90. The molecule has 0 aliphatic heterocycles. The summed E-state index contributed by atoms with van der Waals surface area (Å²) in [4.78, 5) is 0. The first-order chi connectivity index (χ1) is 13.5. The number of hydrogen-bond acceptors (Lipinski definition) is 1. The van der Waals surface area contributed by atoms with Crippen LogP contribution >= 0.6 is 0 Å². The van der Waals surface area contributed by atoms with Gasteiger partial charge in [0.1, 0.15) is 0 Å². The van der Waals surface area contributed by atoms with Gasteiger partial charge in [0.05, 0.1) is 0 Å². The standard InChI is InChI=1S/C27H25N/c1-6-22-26-10-8-7-9-24(26)18(3)25-16-15-23(19(4)27(22)25)20(5)28-21-13-11-17(2)12-14-21/h7-16,28H,3-6H2,1-2H3. The Morgan fingerprint density at radius 3 is 2.18 bits per heavy atom. The molecule has 0 bridgehead atoms. The fraction of sp³-hybridized carbons (Fsp3) is 0.111. The van der Waals surface area contributed by atoms with E-state index in [0.717, 1.165) is 33.8 Å². The van der Waals surface area contributed by atoms with Crippen molar-refractivity contribution in [3.05, 3.63) is 94.4 Å². The van der Waals surface area contributed by atoms with Crippen LogP contribution in [0.15, 0.2) is 67.2 Å². The van der Waals surface area contributed by atoms with Crippen molar-refractivity contribution < 1.29 is 0 Å². The van der Waals surface area contributed by atoms with Gasteiger partial charge in [-0.05, 0) is 63.0 Å². The molecule has 0 atom stereocenters. The van der Waals surface area contributed by atoms with Crippen LogP contribution < -0.4 is 15.8 Å². The number of fused-ring (bicyclic) bond motifs is 2. The maximum absolute atomic E-state index is 4.45. The number of hydrogen-bond donors (Lipinski definition) is 1. The number of benzene rings is 4. The fourth-order valence-electron chi connectivity index (χ4n) is 4.06. The molecule has 4 aromatic carbocycles. The van der Waals surface area contributed by atoms with Crippen molar-refractivity contribution in [3.8, 4) is 0 Å². The molecule has 0 aliphatic rings. The normalized spacial score (nSPS) is 11.1. The zero-order valence-electron chi connectivity index (χ0n) is 16.6. The molecule has 0 aliphatic carbocycles. The summed E-state index contributed by atoms with van der Waals surface area (Å²) < 4.78 is 0. The van der Waals surface area contributed by atoms with Crippen LogP contribution in [0.2, 0.25) is 0 Å². The Morgan fingerprint density at radius 1 is 0.821 bits per heavy atom. The number of rotatable bonds is 4. The Kier molecular flexibility index (Phi) is 4.52. The van der Waals surface area contributed by atoms with E-state index in [1.165, 1.54) is 32.7 Å². The molecular weight excluding hydrogens is 338 g/mol. The highest BCUT2D eigenvalue weighted by molar-refractivity contribution is 6.04. The maximum Gasteiger partial charge on any atom is 0.0390 e. The van der Waals surface area contributed by atoms with Gasteiger partial charge >= 0.3 is 0 Å². The van der Waals surface area contributed by atoms with Crippen molar-refractivity contribution in [2.45, 2.75) is 20.3 Å². The topological polar surface area (TPSA) is 12.0 Å². The second kappa shape index (κ2) is 7.01. The minimum atomic E-state index is 0.858. The van der Waals surface area contributed by atoms with Gasteiger partial charge in [-0.15, -0.1) is 0 Å². The molecule has 0 fully saturated rings. The predicted octanol–water partition coefficient (Wildman–Crippen LogP) is 5.77. The van der Waals surface area contributed by atoms with Crippen LogP contribution in [0, 0.1) is 6.92 Å². The molecule has 4 aromatic rings. The van der Waals surface area contributed by atoms with Gasteiger partial charge in [0.25, 0.3) is 0 Å². The summed E-state index contributed by atoms with van der Waals surface area (Å²) in [7, 11) is 0. The summed E-state index contributed by atoms with van der Waals surface area (Å²) in [5.74, 6) is 0. The van der Waals surface area contributed by atoms with Crippen molar-refractivity contribution in [1.82, 2.24) is 0 Å². The van der Waals surface area contributed by atoms with Crippen molar-refractivity contribution in [1.29, 1.82) is 0 Å². The lowest BCUT2D eigenvalue weighted by molar-refractivity contribution is 1.17. The van der Waals surface area contributed by atoms with Gasteiger partial charge in [-0.2, -0.15) is 0 Å². The van der Waals surface area contributed by atoms with Gasteiger partial charge in [0.15, 0.2) is 0 Å². The molecule has 4 rings (SSSR count). The highest BCUT2D eigenvalue weighted by Crippen LogP contribution is 2.25. The van der Waals surface area contributed by atoms with Crippen LogP contribution in [0.5, 0.6) is 0 Å². The third-order valence-electron chi connectivity index (χ3n) is 5.54. The largest absolute Gasteiger partial charge is 0.356 e. The molecule has 1 N–H and O–H groups in total. The Bertz CT molecular complexity index is 1310. The first-order valence-electron chi connectivity index (χ1n) is 9.68. The lowest BCUT2D eigenvalue weighted by Crippen LogP contribution is -2.17. The Labute approximate surface area is 166 Å². The molecule has 28 heavy (non-hydrogen) atoms. The van der Waals surface area contributed by atoms with Crippen molar-refractivity contribution in [2.75, 3.05) is 5.32 Å². The van der Waals surface area contributed by atoms with E-state index < -0.39 is 0 Å². The van der Waals surface area contributed by atoms with Gasteiger partial charge in [-0.3, -0.25) is 0 Å². The van der Waals surface area contributed by atoms with Gasteiger partial charge in [-0.25, -0.2) is 0 Å². The molecule has 0 unspecified atom stereocenters. The van der Waals surface area contributed by atoms with Gasteiger partial charge in [0, 0.05) is 16.9 Å². The summed E-state index contributed by atoms with van der Waals surface area (Å²) >= 11 is 0. The lowest BCUT2D eigenvalue weighted by Gasteiger charge is -2.16. The van der Waals surface area contributed by atoms with E-state index in [1.807, 2.05) is 0 Å². The molecule has 138 valence electrons. The molecule has 1 nitrogen and oxygen atoms in total. The van der Waals surface area contributed by atoms with E-state index in [-0.39, 0.29) is 0 Å². The van der Waals surface area contributed by atoms with Crippen LogP contribution in [0.25, 0.3) is 40.4 Å². The Hall–Kier alpha value is -3.32. The molecule has 0 heterocycles. The number of nitrogens with one attached hydrogen (secondary N) is 1. The van der Waals surface area contributed by atoms with Crippen molar-refractivity contribution >= 4 is 46.1 Å². The van der Waals surface area contributed by atoms with Crippen LogP contribution in [0.4, 0.5) is 5.69 Å². The molecule has 0 saturated heterocycles. The minimum Gasteiger partial charge on any atom is -0.356 e. The fourth-order valence-corrected chi connectivity index (χ4v) is 4.06. The molecule has 0 amide bonds. The van der Waals surface area contributed by atoms with E-state index in [1.54, 1.807) is 0 Å². The quantitative estimate of drug-likeness (QED) is 0.454. The molecular formula is C27H25N. The second-order valence-electron chi connectivity index (χ2n) is 7.34. The van der Waals surface area contributed by atoms with Crippen molar-refractivity contribution in [2.24, 2.45) is 0 Å². The SMILES string of the molecule is C=C(Nc1ccc(C)cc1)c1ccc2c(=C)c3ccccc3c(CC)c2c1=C. The summed E-state index contributed by atoms with van der Waals surface area (Å²) in [6.45, 7) is 17.4. The average molecular weight is 364 g/mol. The maximum atomic E-state index is 4.45. The number of aryl methyl sites for hydroxylation is 2. The zero-order chi connectivity index (χ0) is 19.8. The van der Waals surface area contributed by atoms with Gasteiger partial charge in [-0.1, -0.05) is 80.8 Å². The summed E-state index contributed by atoms with van der Waals surface area (Å²) in [5, 5.41) is 10.4. The van der Waals surface area contributed by atoms with E-state index in [9.17, 15) is 0 Å². The highest BCUT2D eigenvalue weighted by Gasteiger charge is 2.12. The first kappa shape index (κ1) is 18.1. The molecule has 0 spiro atoms. The number of anilines is 1. The van der Waals surface area contributed by atoms with E-state index in [2.05, 4.69) is 99.6 Å². The highest BCUT2D eigenvalue weighted by atomic mass is 14.9. The van der Waals surface area contributed by atoms with E-state index >= 15 is 0 Å². The average Bonchev–Trinajstić information content (AvgIpc) is 2.71. The van der Waals surface area contributed by atoms with Gasteiger partial charge in [0.2, 0.25) is 0 Å². The Balaban J connectivity index is 1.92. The van der Waals surface area contributed by atoms with Crippen molar-refractivity contribution in [3.63, 3.8) is 0 Å². The lowest BCUT2D eigenvalue weighted by atomic mass is 9.90.